The van der Waals surface area contributed by atoms with E-state index in [2.05, 4.69) is 36.5 Å². The second-order valence-corrected chi connectivity index (χ2v) is 8.19. The van der Waals surface area contributed by atoms with Crippen LogP contribution in [0.15, 0.2) is 89.1 Å². The second kappa shape index (κ2) is 8.39. The monoisotopic (exact) mass is 436 g/mol. The van der Waals surface area contributed by atoms with E-state index in [0.717, 1.165) is 33.6 Å². The first-order valence-electron chi connectivity index (χ1n) is 10.9. The Bertz CT molecular complexity index is 1340. The number of benzene rings is 3. The Morgan fingerprint density at radius 2 is 1.58 bits per heavy atom. The van der Waals surface area contributed by atoms with Crippen molar-refractivity contribution >= 4 is 17.3 Å². The quantitative estimate of drug-likeness (QED) is 0.422. The molecule has 6 nitrogen and oxygen atoms in total. The molecule has 5 rings (SSSR count). The summed E-state index contributed by atoms with van der Waals surface area (Å²) < 4.78 is 5.76. The maximum atomic E-state index is 13.3. The normalized spacial score (nSPS) is 16.2. The minimum atomic E-state index is -0.416. The van der Waals surface area contributed by atoms with Crippen molar-refractivity contribution in [1.82, 2.24) is 15.5 Å². The van der Waals surface area contributed by atoms with Gasteiger partial charge >= 0.3 is 6.03 Å². The van der Waals surface area contributed by atoms with Gasteiger partial charge in [0.05, 0.1) is 17.3 Å². The van der Waals surface area contributed by atoms with Crippen LogP contribution in [0.25, 0.3) is 17.0 Å². The summed E-state index contributed by atoms with van der Waals surface area (Å²) in [6.45, 7) is 6.06. The average Bonchev–Trinajstić information content (AvgIpc) is 3.31. The first-order valence-corrected chi connectivity index (χ1v) is 10.9. The maximum Gasteiger partial charge on any atom is 0.326 e. The highest BCUT2D eigenvalue weighted by Crippen LogP contribution is 2.39. The van der Waals surface area contributed by atoms with Gasteiger partial charge in [-0.3, -0.25) is 4.90 Å². The van der Waals surface area contributed by atoms with Gasteiger partial charge in [0.1, 0.15) is 0 Å². The van der Waals surface area contributed by atoms with E-state index in [9.17, 15) is 4.79 Å². The van der Waals surface area contributed by atoms with Crippen LogP contribution in [0.2, 0.25) is 0 Å². The van der Waals surface area contributed by atoms with Crippen molar-refractivity contribution in [2.75, 3.05) is 4.90 Å². The Hall–Kier alpha value is -4.19. The van der Waals surface area contributed by atoms with E-state index in [1.807, 2.05) is 73.7 Å². The lowest BCUT2D eigenvalue weighted by Crippen LogP contribution is -2.46. The lowest BCUT2D eigenvalue weighted by atomic mass is 9.92. The molecule has 1 aliphatic heterocycles. The van der Waals surface area contributed by atoms with E-state index < -0.39 is 6.04 Å². The van der Waals surface area contributed by atoms with Crippen molar-refractivity contribution in [3.8, 4) is 11.4 Å². The molecule has 0 aliphatic carbocycles. The number of nitrogens with zero attached hydrogens (tertiary/aromatic N) is 3. The number of amides is 2. The summed E-state index contributed by atoms with van der Waals surface area (Å²) in [5, 5.41) is 7.38. The molecule has 0 radical (unpaired) electrons. The summed E-state index contributed by atoms with van der Waals surface area (Å²) in [6.07, 6.45) is 0. The lowest BCUT2D eigenvalue weighted by Gasteiger charge is -2.35. The number of para-hydroxylation sites is 1. The standard InChI is InChI=1S/C27H24N4O2/c1-17-14-15-21(16-18(17)2)24-23(26-29-25(30-33-26)20-10-6-4-7-11-20)19(3)31(27(32)28-24)22-12-8-5-9-13-22/h4-16,24H,1-3H3,(H,28,32). The number of urea groups is 1. The summed E-state index contributed by atoms with van der Waals surface area (Å²) in [6, 6.07) is 24.8. The molecule has 2 amide bonds. The molecule has 4 aromatic rings. The maximum absolute atomic E-state index is 13.3. The van der Waals surface area contributed by atoms with Gasteiger partial charge in [0.2, 0.25) is 5.82 Å². The highest BCUT2D eigenvalue weighted by molar-refractivity contribution is 6.01. The fourth-order valence-corrected chi connectivity index (χ4v) is 4.14. The van der Waals surface area contributed by atoms with Gasteiger partial charge in [-0.25, -0.2) is 4.79 Å². The van der Waals surface area contributed by atoms with E-state index >= 15 is 0 Å². The Balaban J connectivity index is 1.67. The molecule has 6 heteroatoms. The Morgan fingerprint density at radius 1 is 0.879 bits per heavy atom. The fourth-order valence-electron chi connectivity index (χ4n) is 4.14. The topological polar surface area (TPSA) is 71.3 Å². The highest BCUT2D eigenvalue weighted by atomic mass is 16.5. The second-order valence-electron chi connectivity index (χ2n) is 8.19. The van der Waals surface area contributed by atoms with Crippen molar-refractivity contribution in [3.05, 3.63) is 107 Å². The third kappa shape index (κ3) is 3.80. The molecule has 0 bridgehead atoms. The van der Waals surface area contributed by atoms with Crippen LogP contribution in [0.5, 0.6) is 0 Å². The molecule has 1 aromatic heterocycles. The van der Waals surface area contributed by atoms with E-state index in [1.165, 1.54) is 5.56 Å². The predicted molar refractivity (Wildman–Crippen MR) is 128 cm³/mol. The van der Waals surface area contributed by atoms with Crippen LogP contribution in [0, 0.1) is 13.8 Å². The van der Waals surface area contributed by atoms with E-state index in [1.54, 1.807) is 4.90 Å². The molecule has 2 heterocycles. The van der Waals surface area contributed by atoms with Crippen LogP contribution in [-0.2, 0) is 0 Å². The zero-order chi connectivity index (χ0) is 22.9. The molecular weight excluding hydrogens is 412 g/mol. The summed E-state index contributed by atoms with van der Waals surface area (Å²) in [4.78, 5) is 19.6. The van der Waals surface area contributed by atoms with Gasteiger partial charge in [0.15, 0.2) is 0 Å². The van der Waals surface area contributed by atoms with Gasteiger partial charge < -0.3 is 9.84 Å². The fraction of sp³-hybridized carbons (Fsp3) is 0.148. The molecule has 0 saturated heterocycles. The van der Waals surface area contributed by atoms with Gasteiger partial charge in [-0.2, -0.15) is 4.98 Å². The zero-order valence-corrected chi connectivity index (χ0v) is 18.7. The first kappa shape index (κ1) is 20.7. The molecule has 0 saturated carbocycles. The van der Waals surface area contributed by atoms with Gasteiger partial charge in [0, 0.05) is 11.3 Å². The number of carbonyl (C=O) groups is 1. The van der Waals surface area contributed by atoms with Gasteiger partial charge in [-0.05, 0) is 49.6 Å². The summed E-state index contributed by atoms with van der Waals surface area (Å²) in [5.74, 6) is 0.892. The van der Waals surface area contributed by atoms with Crippen molar-refractivity contribution < 1.29 is 9.32 Å². The smallest absolute Gasteiger partial charge is 0.326 e. The average molecular weight is 437 g/mol. The predicted octanol–water partition coefficient (Wildman–Crippen LogP) is 6.06. The Labute approximate surface area is 192 Å². The number of anilines is 1. The molecule has 1 unspecified atom stereocenters. The van der Waals surface area contributed by atoms with Crippen molar-refractivity contribution in [2.24, 2.45) is 0 Å². The van der Waals surface area contributed by atoms with Crippen molar-refractivity contribution in [3.63, 3.8) is 0 Å². The number of rotatable bonds is 4. The van der Waals surface area contributed by atoms with Gasteiger partial charge in [-0.15, -0.1) is 0 Å². The van der Waals surface area contributed by atoms with Crippen molar-refractivity contribution in [1.29, 1.82) is 0 Å². The number of nitrogens with one attached hydrogen (secondary N) is 1. The SMILES string of the molecule is CC1=C(c2nc(-c3ccccc3)no2)C(c2ccc(C)c(C)c2)NC(=O)N1c1ccccc1. The molecule has 3 aromatic carbocycles. The number of allylic oxidation sites excluding steroid dienone is 1. The minimum absolute atomic E-state index is 0.200. The number of hydrogen-bond acceptors (Lipinski definition) is 4. The van der Waals surface area contributed by atoms with E-state index in [0.29, 0.717) is 11.7 Å². The molecule has 33 heavy (non-hydrogen) atoms. The largest absolute Gasteiger partial charge is 0.334 e. The molecular formula is C27H24N4O2. The lowest BCUT2D eigenvalue weighted by molar-refractivity contribution is 0.244. The van der Waals surface area contributed by atoms with Crippen LogP contribution >= 0.6 is 0 Å². The van der Waals surface area contributed by atoms with Crippen LogP contribution in [0.1, 0.15) is 35.5 Å². The zero-order valence-electron chi connectivity index (χ0n) is 18.7. The summed E-state index contributed by atoms with van der Waals surface area (Å²) in [7, 11) is 0. The number of aryl methyl sites for hydroxylation is 2. The molecule has 0 fully saturated rings. The van der Waals surface area contributed by atoms with E-state index in [-0.39, 0.29) is 6.03 Å². The molecule has 1 aliphatic rings. The number of hydrogen-bond donors (Lipinski definition) is 1. The third-order valence-corrected chi connectivity index (χ3v) is 6.05. The highest BCUT2D eigenvalue weighted by Gasteiger charge is 2.36. The van der Waals surface area contributed by atoms with Crippen LogP contribution in [-0.4, -0.2) is 16.2 Å². The van der Waals surface area contributed by atoms with Crippen LogP contribution in [0.4, 0.5) is 10.5 Å². The third-order valence-electron chi connectivity index (χ3n) is 6.05. The molecule has 0 spiro atoms. The van der Waals surface area contributed by atoms with E-state index in [4.69, 9.17) is 9.51 Å². The molecule has 1 atom stereocenters. The Kier molecular flexibility index (Phi) is 5.26. The molecule has 1 N–H and O–H groups in total. The summed E-state index contributed by atoms with van der Waals surface area (Å²) >= 11 is 0. The van der Waals surface area contributed by atoms with Crippen LogP contribution in [0.3, 0.4) is 0 Å². The minimum Gasteiger partial charge on any atom is -0.334 e. The Morgan fingerprint density at radius 3 is 2.27 bits per heavy atom. The van der Waals surface area contributed by atoms with Gasteiger partial charge in [0.25, 0.3) is 5.89 Å². The van der Waals surface area contributed by atoms with Gasteiger partial charge in [-0.1, -0.05) is 71.9 Å². The number of carbonyl (C=O) groups excluding carboxylic acids is 1. The first-order chi connectivity index (χ1) is 16.0. The van der Waals surface area contributed by atoms with Crippen molar-refractivity contribution in [2.45, 2.75) is 26.8 Å². The molecule has 164 valence electrons. The number of aromatic nitrogens is 2. The summed E-state index contributed by atoms with van der Waals surface area (Å²) in [5.41, 5.74) is 6.47. The van der Waals surface area contributed by atoms with Crippen LogP contribution < -0.4 is 10.2 Å².